The van der Waals surface area contributed by atoms with Gasteiger partial charge in [0.05, 0.1) is 5.39 Å². The van der Waals surface area contributed by atoms with Crippen LogP contribution in [0.25, 0.3) is 21.8 Å². The van der Waals surface area contributed by atoms with E-state index in [2.05, 4.69) is 30.7 Å². The monoisotopic (exact) mass is 342 g/mol. The smallest absolute Gasteiger partial charge is 0.260 e. The molecular formula is C19H22N2O2S. The van der Waals surface area contributed by atoms with Crippen molar-refractivity contribution in [1.82, 2.24) is 9.97 Å². The predicted octanol–water partition coefficient (Wildman–Crippen LogP) is 4.70. The van der Waals surface area contributed by atoms with Gasteiger partial charge in [-0.15, -0.1) is 11.3 Å². The highest BCUT2D eigenvalue weighted by atomic mass is 32.1. The first-order valence-corrected chi connectivity index (χ1v) is 9.26. The number of aromatic amines is 1. The van der Waals surface area contributed by atoms with Crippen LogP contribution in [0.15, 0.2) is 21.3 Å². The van der Waals surface area contributed by atoms with E-state index in [4.69, 9.17) is 4.42 Å². The summed E-state index contributed by atoms with van der Waals surface area (Å²) in [6.07, 6.45) is 3.16. The van der Waals surface area contributed by atoms with Crippen LogP contribution in [-0.2, 0) is 12.8 Å². The average Bonchev–Trinajstić information content (AvgIpc) is 3.08. The van der Waals surface area contributed by atoms with E-state index < -0.39 is 0 Å². The van der Waals surface area contributed by atoms with E-state index in [0.717, 1.165) is 35.2 Å². The zero-order valence-electron chi connectivity index (χ0n) is 14.5. The molecule has 0 radical (unpaired) electrons. The van der Waals surface area contributed by atoms with E-state index in [9.17, 15) is 4.79 Å². The van der Waals surface area contributed by atoms with Crippen LogP contribution in [0.2, 0.25) is 0 Å². The summed E-state index contributed by atoms with van der Waals surface area (Å²) in [4.78, 5) is 22.4. The second-order valence-electron chi connectivity index (χ2n) is 7.81. The largest absolute Gasteiger partial charge is 0.458 e. The third-order valence-corrected chi connectivity index (χ3v) is 6.27. The van der Waals surface area contributed by atoms with Gasteiger partial charge in [0.2, 0.25) is 0 Å². The lowest BCUT2D eigenvalue weighted by atomic mass is 9.72. The van der Waals surface area contributed by atoms with Crippen molar-refractivity contribution in [2.45, 2.75) is 47.0 Å². The molecule has 0 fully saturated rings. The van der Waals surface area contributed by atoms with E-state index in [1.807, 2.05) is 19.1 Å². The SMILES string of the molecule is Cc1ccc(-c2nc3sc4c(c3c(=O)[nH]2)CCC(C(C)(C)C)C4)o1. The Morgan fingerprint density at radius 3 is 2.79 bits per heavy atom. The standard InChI is InChI=1S/C19H22N2O2S/c1-10-5-8-13(23-10)16-20-17(22)15-12-7-6-11(19(2,3)4)9-14(12)24-18(15)21-16/h5,8,11H,6-7,9H2,1-4H3,(H,20,21,22). The molecule has 126 valence electrons. The number of nitrogens with one attached hydrogen (secondary N) is 1. The Kier molecular flexibility index (Phi) is 3.46. The number of H-pyrrole nitrogens is 1. The highest BCUT2D eigenvalue weighted by Crippen LogP contribution is 2.42. The van der Waals surface area contributed by atoms with Gasteiger partial charge in [0.1, 0.15) is 10.6 Å². The number of fused-ring (bicyclic) bond motifs is 3. The number of hydrogen-bond acceptors (Lipinski definition) is 4. The van der Waals surface area contributed by atoms with Gasteiger partial charge in [0, 0.05) is 4.88 Å². The van der Waals surface area contributed by atoms with E-state index in [1.54, 1.807) is 11.3 Å². The molecule has 0 bridgehead atoms. The van der Waals surface area contributed by atoms with Crippen LogP contribution in [0.4, 0.5) is 0 Å². The number of aromatic nitrogens is 2. The van der Waals surface area contributed by atoms with Crippen molar-refractivity contribution in [1.29, 1.82) is 0 Å². The second-order valence-corrected chi connectivity index (χ2v) is 8.90. The molecule has 1 unspecified atom stereocenters. The molecule has 0 amide bonds. The van der Waals surface area contributed by atoms with Crippen molar-refractivity contribution in [3.63, 3.8) is 0 Å². The van der Waals surface area contributed by atoms with Gasteiger partial charge in [-0.1, -0.05) is 20.8 Å². The molecule has 24 heavy (non-hydrogen) atoms. The molecule has 0 saturated heterocycles. The molecule has 5 heteroatoms. The molecule has 0 aliphatic heterocycles. The molecule has 1 atom stereocenters. The number of rotatable bonds is 1. The quantitative estimate of drug-likeness (QED) is 0.697. The first-order chi connectivity index (χ1) is 11.3. The second kappa shape index (κ2) is 5.31. The molecule has 1 aliphatic rings. The highest BCUT2D eigenvalue weighted by Gasteiger charge is 2.31. The molecule has 4 nitrogen and oxygen atoms in total. The summed E-state index contributed by atoms with van der Waals surface area (Å²) in [6, 6.07) is 3.73. The Bertz CT molecular complexity index is 972. The van der Waals surface area contributed by atoms with E-state index in [1.165, 1.54) is 10.4 Å². The first kappa shape index (κ1) is 15.6. The van der Waals surface area contributed by atoms with Crippen LogP contribution < -0.4 is 5.56 Å². The van der Waals surface area contributed by atoms with Crippen LogP contribution in [0.5, 0.6) is 0 Å². The first-order valence-electron chi connectivity index (χ1n) is 8.44. The summed E-state index contributed by atoms with van der Waals surface area (Å²) < 4.78 is 5.61. The van der Waals surface area contributed by atoms with Crippen molar-refractivity contribution >= 4 is 21.6 Å². The molecule has 3 aromatic heterocycles. The Balaban J connectivity index is 1.82. The summed E-state index contributed by atoms with van der Waals surface area (Å²) in [6.45, 7) is 8.80. The normalized spacial score (nSPS) is 18.1. The van der Waals surface area contributed by atoms with E-state index in [0.29, 0.717) is 22.9 Å². The molecule has 3 heterocycles. The maximum Gasteiger partial charge on any atom is 0.260 e. The lowest BCUT2D eigenvalue weighted by molar-refractivity contribution is 0.218. The molecule has 0 aromatic carbocycles. The molecular weight excluding hydrogens is 320 g/mol. The fraction of sp³-hybridized carbons (Fsp3) is 0.474. The topological polar surface area (TPSA) is 58.9 Å². The molecule has 4 rings (SSSR count). The molecule has 0 saturated carbocycles. The van der Waals surface area contributed by atoms with Crippen molar-refractivity contribution in [2.24, 2.45) is 11.3 Å². The van der Waals surface area contributed by atoms with Gasteiger partial charge in [-0.05, 0) is 55.2 Å². The van der Waals surface area contributed by atoms with E-state index >= 15 is 0 Å². The number of hydrogen-bond donors (Lipinski definition) is 1. The minimum atomic E-state index is -0.0456. The fourth-order valence-electron chi connectivity index (χ4n) is 3.60. The van der Waals surface area contributed by atoms with E-state index in [-0.39, 0.29) is 5.56 Å². The maximum atomic E-state index is 12.7. The van der Waals surface area contributed by atoms with Gasteiger partial charge in [-0.3, -0.25) is 4.79 Å². The van der Waals surface area contributed by atoms with Crippen LogP contribution in [-0.4, -0.2) is 9.97 Å². The lowest BCUT2D eigenvalue weighted by Crippen LogP contribution is -2.26. The predicted molar refractivity (Wildman–Crippen MR) is 97.6 cm³/mol. The Morgan fingerprint density at radius 1 is 1.33 bits per heavy atom. The van der Waals surface area contributed by atoms with Crippen LogP contribution in [0.1, 0.15) is 43.4 Å². The zero-order chi connectivity index (χ0) is 17.1. The minimum Gasteiger partial charge on any atom is -0.458 e. The Hall–Kier alpha value is -1.88. The lowest BCUT2D eigenvalue weighted by Gasteiger charge is -2.33. The summed E-state index contributed by atoms with van der Waals surface area (Å²) in [5.41, 5.74) is 1.46. The Labute approximate surface area is 144 Å². The number of nitrogens with zero attached hydrogens (tertiary/aromatic N) is 1. The molecule has 0 spiro atoms. The van der Waals surface area contributed by atoms with Crippen molar-refractivity contribution in [3.8, 4) is 11.6 Å². The van der Waals surface area contributed by atoms with Crippen LogP contribution in [0, 0.1) is 18.3 Å². The maximum absolute atomic E-state index is 12.7. The van der Waals surface area contributed by atoms with Crippen molar-refractivity contribution in [2.75, 3.05) is 0 Å². The van der Waals surface area contributed by atoms with Crippen LogP contribution >= 0.6 is 11.3 Å². The zero-order valence-corrected chi connectivity index (χ0v) is 15.3. The van der Waals surface area contributed by atoms with Gasteiger partial charge >= 0.3 is 0 Å². The molecule has 1 N–H and O–H groups in total. The summed E-state index contributed by atoms with van der Waals surface area (Å²) in [5.74, 6) is 2.60. The highest BCUT2D eigenvalue weighted by molar-refractivity contribution is 7.18. The van der Waals surface area contributed by atoms with Crippen molar-refractivity contribution in [3.05, 3.63) is 38.7 Å². The average molecular weight is 342 g/mol. The van der Waals surface area contributed by atoms with Gasteiger partial charge in [0.25, 0.3) is 5.56 Å². The third-order valence-electron chi connectivity index (χ3n) is 5.12. The van der Waals surface area contributed by atoms with Gasteiger partial charge in [0.15, 0.2) is 11.6 Å². The number of furan rings is 1. The van der Waals surface area contributed by atoms with Gasteiger partial charge in [-0.2, -0.15) is 0 Å². The molecule has 3 aromatic rings. The third kappa shape index (κ3) is 2.51. The molecule has 1 aliphatic carbocycles. The van der Waals surface area contributed by atoms with Crippen molar-refractivity contribution < 1.29 is 4.42 Å². The summed E-state index contributed by atoms with van der Waals surface area (Å²) >= 11 is 1.68. The number of aryl methyl sites for hydroxylation is 2. The summed E-state index contributed by atoms with van der Waals surface area (Å²) in [7, 11) is 0. The van der Waals surface area contributed by atoms with Gasteiger partial charge in [-0.25, -0.2) is 4.98 Å². The summed E-state index contributed by atoms with van der Waals surface area (Å²) in [5, 5.41) is 0.786. The Morgan fingerprint density at radius 2 is 2.12 bits per heavy atom. The minimum absolute atomic E-state index is 0.0456. The van der Waals surface area contributed by atoms with Crippen LogP contribution in [0.3, 0.4) is 0 Å². The fourth-order valence-corrected chi connectivity index (χ4v) is 4.90. The van der Waals surface area contributed by atoms with Gasteiger partial charge < -0.3 is 9.40 Å². The number of thiophene rings is 1.